The lowest BCUT2D eigenvalue weighted by molar-refractivity contribution is -0.138. The molecule has 1 N–H and O–H groups in total. The molecule has 0 aromatic rings. The molecule has 2 aliphatic rings. The summed E-state index contributed by atoms with van der Waals surface area (Å²) in [4.78, 5) is 17.8. The monoisotopic (exact) mass is 269 g/mol. The van der Waals surface area contributed by atoms with Gasteiger partial charge in [-0.25, -0.2) is 0 Å². The van der Waals surface area contributed by atoms with Crippen LogP contribution in [0.3, 0.4) is 0 Å². The molecule has 5 heteroatoms. The van der Waals surface area contributed by atoms with Gasteiger partial charge >= 0.3 is 5.97 Å². The van der Waals surface area contributed by atoms with Gasteiger partial charge in [0, 0.05) is 51.4 Å². The highest BCUT2D eigenvalue weighted by molar-refractivity contribution is 5.69. The average Bonchev–Trinajstić information content (AvgIpc) is 2.68. The zero-order valence-corrected chi connectivity index (χ0v) is 12.2. The van der Waals surface area contributed by atoms with Crippen molar-refractivity contribution in [1.82, 2.24) is 14.7 Å². The molecule has 0 spiro atoms. The smallest absolute Gasteiger partial charge is 0.317 e. The van der Waals surface area contributed by atoms with E-state index >= 15 is 0 Å². The Hall–Kier alpha value is -0.650. The number of carboxylic acids is 1. The quantitative estimate of drug-likeness (QED) is 0.790. The number of rotatable bonds is 5. The molecule has 5 nitrogen and oxygen atoms in total. The van der Waals surface area contributed by atoms with E-state index in [0.717, 1.165) is 51.4 Å². The van der Waals surface area contributed by atoms with Crippen molar-refractivity contribution in [3.05, 3.63) is 0 Å². The van der Waals surface area contributed by atoms with Gasteiger partial charge < -0.3 is 5.11 Å². The Morgan fingerprint density at radius 3 is 2.05 bits per heavy atom. The Morgan fingerprint density at radius 1 is 1.00 bits per heavy atom. The van der Waals surface area contributed by atoms with Crippen LogP contribution in [0.5, 0.6) is 0 Å². The summed E-state index contributed by atoms with van der Waals surface area (Å²) in [7, 11) is 0. The van der Waals surface area contributed by atoms with Crippen molar-refractivity contribution in [3.63, 3.8) is 0 Å². The maximum absolute atomic E-state index is 10.7. The topological polar surface area (TPSA) is 47.0 Å². The van der Waals surface area contributed by atoms with E-state index in [1.165, 1.54) is 12.8 Å². The fourth-order valence-electron chi connectivity index (χ4n) is 3.31. The summed E-state index contributed by atoms with van der Waals surface area (Å²) in [5.74, 6) is -0.715. The van der Waals surface area contributed by atoms with E-state index in [1.807, 2.05) is 4.90 Å². The fraction of sp³-hybridized carbons (Fsp3) is 0.929. The maximum atomic E-state index is 10.7. The standard InChI is InChI=1S/C14H27N3O2/c1-12-3-4-13(2)17(12)10-9-15-5-7-16(8-6-15)11-14(18)19/h12-13H,3-11H2,1-2H3,(H,18,19)/t12-,13+. The molecule has 2 rings (SSSR count). The van der Waals surface area contributed by atoms with Gasteiger partial charge in [0.25, 0.3) is 0 Å². The summed E-state index contributed by atoms with van der Waals surface area (Å²) in [5, 5.41) is 8.77. The molecule has 2 atom stereocenters. The second-order valence-electron chi connectivity index (χ2n) is 6.02. The van der Waals surface area contributed by atoms with Crippen LogP contribution in [-0.2, 0) is 4.79 Å². The first-order valence-corrected chi connectivity index (χ1v) is 7.48. The molecule has 0 aromatic carbocycles. The highest BCUT2D eigenvalue weighted by Crippen LogP contribution is 2.22. The number of likely N-dealkylation sites (tertiary alicyclic amines) is 1. The van der Waals surface area contributed by atoms with E-state index in [2.05, 4.69) is 23.6 Å². The summed E-state index contributed by atoms with van der Waals surface area (Å²) in [6.45, 7) is 10.9. The van der Waals surface area contributed by atoms with E-state index < -0.39 is 5.97 Å². The van der Waals surface area contributed by atoms with Crippen molar-refractivity contribution in [2.45, 2.75) is 38.8 Å². The highest BCUT2D eigenvalue weighted by Gasteiger charge is 2.27. The van der Waals surface area contributed by atoms with Gasteiger partial charge in [-0.3, -0.25) is 19.5 Å². The van der Waals surface area contributed by atoms with Crippen LogP contribution in [-0.4, -0.2) is 83.7 Å². The molecular formula is C14H27N3O2. The predicted octanol–water partition coefficient (Wildman–Crippen LogP) is 0.561. The largest absolute Gasteiger partial charge is 0.480 e. The third-order valence-electron chi connectivity index (χ3n) is 4.63. The molecule has 2 heterocycles. The molecule has 110 valence electrons. The summed E-state index contributed by atoms with van der Waals surface area (Å²) in [5.41, 5.74) is 0. The predicted molar refractivity (Wildman–Crippen MR) is 75.4 cm³/mol. The third kappa shape index (κ3) is 4.16. The van der Waals surface area contributed by atoms with Gasteiger partial charge in [-0.05, 0) is 26.7 Å². The minimum absolute atomic E-state index is 0.189. The van der Waals surface area contributed by atoms with E-state index in [-0.39, 0.29) is 6.54 Å². The maximum Gasteiger partial charge on any atom is 0.317 e. The Bertz CT molecular complexity index is 293. The summed E-state index contributed by atoms with van der Waals surface area (Å²) < 4.78 is 0. The minimum Gasteiger partial charge on any atom is -0.480 e. The first-order chi connectivity index (χ1) is 9.06. The Kier molecular flexibility index (Phi) is 5.19. The number of piperazine rings is 1. The summed E-state index contributed by atoms with van der Waals surface area (Å²) in [6.07, 6.45) is 2.65. The van der Waals surface area contributed by atoms with Crippen molar-refractivity contribution >= 4 is 5.97 Å². The summed E-state index contributed by atoms with van der Waals surface area (Å²) >= 11 is 0. The molecule has 2 aliphatic heterocycles. The SMILES string of the molecule is C[C@@H]1CC[C@H](C)N1CCN1CCN(CC(=O)O)CC1. The van der Waals surface area contributed by atoms with Gasteiger partial charge in [-0.15, -0.1) is 0 Å². The van der Waals surface area contributed by atoms with Crippen molar-refractivity contribution in [2.75, 3.05) is 45.8 Å². The van der Waals surface area contributed by atoms with Gasteiger partial charge in [0.2, 0.25) is 0 Å². The number of nitrogens with zero attached hydrogens (tertiary/aromatic N) is 3. The molecule has 0 radical (unpaired) electrons. The molecule has 0 saturated carbocycles. The van der Waals surface area contributed by atoms with E-state index in [9.17, 15) is 4.79 Å². The molecule has 2 saturated heterocycles. The lowest BCUT2D eigenvalue weighted by Crippen LogP contribution is -2.50. The molecule has 0 amide bonds. The first-order valence-electron chi connectivity index (χ1n) is 7.48. The van der Waals surface area contributed by atoms with Crippen LogP contribution in [0.25, 0.3) is 0 Å². The van der Waals surface area contributed by atoms with Gasteiger partial charge in [0.05, 0.1) is 6.54 Å². The van der Waals surface area contributed by atoms with Crippen LogP contribution in [0.1, 0.15) is 26.7 Å². The van der Waals surface area contributed by atoms with Crippen molar-refractivity contribution < 1.29 is 9.90 Å². The average molecular weight is 269 g/mol. The molecule has 0 unspecified atom stereocenters. The van der Waals surface area contributed by atoms with Crippen LogP contribution in [0.4, 0.5) is 0 Å². The van der Waals surface area contributed by atoms with Crippen LogP contribution < -0.4 is 0 Å². The molecule has 19 heavy (non-hydrogen) atoms. The van der Waals surface area contributed by atoms with Gasteiger partial charge in [0.1, 0.15) is 0 Å². The number of hydrogen-bond donors (Lipinski definition) is 1. The first kappa shape index (κ1) is 14.8. The Morgan fingerprint density at radius 2 is 1.53 bits per heavy atom. The second-order valence-corrected chi connectivity index (χ2v) is 6.02. The molecule has 0 aliphatic carbocycles. The molecule has 2 fully saturated rings. The zero-order chi connectivity index (χ0) is 13.8. The number of aliphatic carboxylic acids is 1. The van der Waals surface area contributed by atoms with Crippen molar-refractivity contribution in [2.24, 2.45) is 0 Å². The van der Waals surface area contributed by atoms with Crippen LogP contribution >= 0.6 is 0 Å². The number of hydrogen-bond acceptors (Lipinski definition) is 4. The number of carbonyl (C=O) groups is 1. The lowest BCUT2D eigenvalue weighted by atomic mass is 10.2. The molecule has 0 bridgehead atoms. The van der Waals surface area contributed by atoms with Crippen LogP contribution in [0.15, 0.2) is 0 Å². The Labute approximate surface area is 116 Å². The molecular weight excluding hydrogens is 242 g/mol. The highest BCUT2D eigenvalue weighted by atomic mass is 16.4. The molecule has 0 aromatic heterocycles. The minimum atomic E-state index is -0.715. The lowest BCUT2D eigenvalue weighted by Gasteiger charge is -2.35. The van der Waals surface area contributed by atoms with Crippen LogP contribution in [0.2, 0.25) is 0 Å². The van der Waals surface area contributed by atoms with Gasteiger partial charge in [0.15, 0.2) is 0 Å². The van der Waals surface area contributed by atoms with E-state index in [4.69, 9.17) is 5.11 Å². The zero-order valence-electron chi connectivity index (χ0n) is 12.2. The Balaban J connectivity index is 1.67. The third-order valence-corrected chi connectivity index (χ3v) is 4.63. The second kappa shape index (κ2) is 6.68. The normalized spacial score (nSPS) is 30.8. The van der Waals surface area contributed by atoms with E-state index in [1.54, 1.807) is 0 Å². The van der Waals surface area contributed by atoms with E-state index in [0.29, 0.717) is 0 Å². The van der Waals surface area contributed by atoms with Crippen molar-refractivity contribution in [1.29, 1.82) is 0 Å². The van der Waals surface area contributed by atoms with Gasteiger partial charge in [-0.2, -0.15) is 0 Å². The van der Waals surface area contributed by atoms with Gasteiger partial charge in [-0.1, -0.05) is 0 Å². The van der Waals surface area contributed by atoms with Crippen molar-refractivity contribution in [3.8, 4) is 0 Å². The summed E-state index contributed by atoms with van der Waals surface area (Å²) in [6, 6.07) is 1.45. The number of carboxylic acid groups (broad SMARTS) is 1. The van der Waals surface area contributed by atoms with Crippen LogP contribution in [0, 0.1) is 0 Å². The fourth-order valence-corrected chi connectivity index (χ4v) is 3.31.